The number of ether oxygens (including phenoxy) is 2. The van der Waals surface area contributed by atoms with E-state index in [1.54, 1.807) is 45.3 Å². The minimum absolute atomic E-state index is 0.189. The van der Waals surface area contributed by atoms with Gasteiger partial charge in [0, 0.05) is 12.6 Å². The third-order valence-electron chi connectivity index (χ3n) is 4.25. The molecule has 3 rings (SSSR count). The summed E-state index contributed by atoms with van der Waals surface area (Å²) in [6.07, 6.45) is -0.655. The first-order valence-electron chi connectivity index (χ1n) is 8.91. The van der Waals surface area contributed by atoms with Crippen LogP contribution in [0.15, 0.2) is 53.1 Å². The minimum Gasteiger partial charge on any atom is -0.497 e. The Kier molecular flexibility index (Phi) is 5.93. The zero-order chi connectivity index (χ0) is 20.1. The van der Waals surface area contributed by atoms with Crippen molar-refractivity contribution in [3.63, 3.8) is 0 Å². The van der Waals surface area contributed by atoms with Gasteiger partial charge >= 0.3 is 0 Å². The molecule has 0 saturated heterocycles. The highest BCUT2D eigenvalue weighted by atomic mass is 16.5. The van der Waals surface area contributed by atoms with Gasteiger partial charge in [0.05, 0.1) is 13.7 Å². The summed E-state index contributed by atoms with van der Waals surface area (Å²) in [5.41, 5.74) is 2.02. The van der Waals surface area contributed by atoms with Gasteiger partial charge < -0.3 is 18.9 Å². The molecule has 0 spiro atoms. The number of nitrogens with zero attached hydrogens (tertiary/aromatic N) is 3. The van der Waals surface area contributed by atoms with E-state index in [0.29, 0.717) is 17.5 Å². The van der Waals surface area contributed by atoms with E-state index in [0.717, 1.165) is 16.9 Å². The van der Waals surface area contributed by atoms with Gasteiger partial charge in [0.2, 0.25) is 11.7 Å². The zero-order valence-electron chi connectivity index (χ0n) is 16.4. The molecule has 0 radical (unpaired) electrons. The lowest BCUT2D eigenvalue weighted by Gasteiger charge is -2.20. The fourth-order valence-corrected chi connectivity index (χ4v) is 2.64. The first kappa shape index (κ1) is 19.4. The van der Waals surface area contributed by atoms with Crippen molar-refractivity contribution in [2.75, 3.05) is 14.2 Å². The Morgan fingerprint density at radius 3 is 2.39 bits per heavy atom. The van der Waals surface area contributed by atoms with Crippen LogP contribution in [-0.2, 0) is 11.3 Å². The van der Waals surface area contributed by atoms with Gasteiger partial charge in [-0.05, 0) is 38.1 Å². The number of aryl methyl sites for hydroxylation is 1. The van der Waals surface area contributed by atoms with Crippen molar-refractivity contribution in [1.82, 2.24) is 15.0 Å². The van der Waals surface area contributed by atoms with Gasteiger partial charge in [-0.2, -0.15) is 4.98 Å². The van der Waals surface area contributed by atoms with Crippen molar-refractivity contribution in [3.8, 4) is 22.9 Å². The molecule has 1 heterocycles. The first-order chi connectivity index (χ1) is 13.5. The van der Waals surface area contributed by atoms with Crippen molar-refractivity contribution < 1.29 is 18.8 Å². The molecular weight excluding hydrogens is 358 g/mol. The van der Waals surface area contributed by atoms with E-state index in [9.17, 15) is 4.79 Å². The van der Waals surface area contributed by atoms with Crippen LogP contribution in [0, 0.1) is 6.92 Å². The topological polar surface area (TPSA) is 77.7 Å². The molecule has 0 unspecified atom stereocenters. The average Bonchev–Trinajstić information content (AvgIpc) is 3.16. The average molecular weight is 381 g/mol. The quantitative estimate of drug-likeness (QED) is 0.624. The van der Waals surface area contributed by atoms with Crippen LogP contribution in [0.25, 0.3) is 11.4 Å². The molecule has 0 saturated carbocycles. The Hall–Kier alpha value is -3.35. The molecule has 2 aromatic carbocycles. The Balaban J connectivity index is 1.59. The van der Waals surface area contributed by atoms with Gasteiger partial charge in [-0.15, -0.1) is 0 Å². The Morgan fingerprint density at radius 1 is 1.11 bits per heavy atom. The summed E-state index contributed by atoms with van der Waals surface area (Å²) in [4.78, 5) is 18.4. The third kappa shape index (κ3) is 4.68. The number of carbonyl (C=O) groups excluding carboxylic acids is 1. The third-order valence-corrected chi connectivity index (χ3v) is 4.25. The van der Waals surface area contributed by atoms with Crippen LogP contribution in [-0.4, -0.2) is 41.2 Å². The number of rotatable bonds is 7. The standard InChI is InChI=1S/C21H23N3O4/c1-14-5-7-16(8-6-14)20-22-19(28-23-20)13-24(3)21(25)15(2)27-18-11-9-17(26-4)10-12-18/h5-12,15H,13H2,1-4H3/t15-/m0/s1. The number of hydrogen-bond acceptors (Lipinski definition) is 6. The van der Waals surface area contributed by atoms with E-state index in [1.165, 1.54) is 4.90 Å². The van der Waals surface area contributed by atoms with E-state index in [1.807, 2.05) is 31.2 Å². The van der Waals surface area contributed by atoms with Crippen LogP contribution in [0.5, 0.6) is 11.5 Å². The van der Waals surface area contributed by atoms with Gasteiger partial charge in [0.1, 0.15) is 11.5 Å². The van der Waals surface area contributed by atoms with Gasteiger partial charge in [-0.3, -0.25) is 4.79 Å². The molecular formula is C21H23N3O4. The lowest BCUT2D eigenvalue weighted by molar-refractivity contribution is -0.137. The fourth-order valence-electron chi connectivity index (χ4n) is 2.64. The lowest BCUT2D eigenvalue weighted by Crippen LogP contribution is -2.37. The smallest absolute Gasteiger partial charge is 0.263 e. The summed E-state index contributed by atoms with van der Waals surface area (Å²) < 4.78 is 16.1. The summed E-state index contributed by atoms with van der Waals surface area (Å²) in [7, 11) is 3.27. The van der Waals surface area contributed by atoms with E-state index >= 15 is 0 Å². The largest absolute Gasteiger partial charge is 0.497 e. The first-order valence-corrected chi connectivity index (χ1v) is 8.91. The molecule has 0 aliphatic heterocycles. The van der Waals surface area contributed by atoms with Gasteiger partial charge in [0.25, 0.3) is 5.91 Å². The molecule has 0 fully saturated rings. The predicted molar refractivity (Wildman–Crippen MR) is 104 cm³/mol. The van der Waals surface area contributed by atoms with E-state index in [4.69, 9.17) is 14.0 Å². The highest BCUT2D eigenvalue weighted by Gasteiger charge is 2.21. The van der Waals surface area contributed by atoms with E-state index < -0.39 is 6.10 Å². The highest BCUT2D eigenvalue weighted by Crippen LogP contribution is 2.19. The molecule has 28 heavy (non-hydrogen) atoms. The van der Waals surface area contributed by atoms with Crippen molar-refractivity contribution in [2.24, 2.45) is 0 Å². The second-order valence-electron chi connectivity index (χ2n) is 6.51. The Morgan fingerprint density at radius 2 is 1.75 bits per heavy atom. The molecule has 1 aromatic heterocycles. The summed E-state index contributed by atoms with van der Waals surface area (Å²) >= 11 is 0. The Bertz CT molecular complexity index is 920. The maximum atomic E-state index is 12.6. The molecule has 0 aliphatic rings. The maximum absolute atomic E-state index is 12.6. The minimum atomic E-state index is -0.655. The van der Waals surface area contributed by atoms with Crippen LogP contribution in [0.1, 0.15) is 18.4 Å². The van der Waals surface area contributed by atoms with E-state index in [-0.39, 0.29) is 12.5 Å². The molecule has 3 aromatic rings. The molecule has 7 nitrogen and oxygen atoms in total. The monoisotopic (exact) mass is 381 g/mol. The number of methoxy groups -OCH3 is 1. The Labute approximate surface area is 163 Å². The van der Waals surface area contributed by atoms with Crippen molar-refractivity contribution >= 4 is 5.91 Å². The molecule has 0 N–H and O–H groups in total. The predicted octanol–water partition coefficient (Wildman–Crippen LogP) is 3.48. The maximum Gasteiger partial charge on any atom is 0.263 e. The van der Waals surface area contributed by atoms with Crippen LogP contribution in [0.4, 0.5) is 0 Å². The number of aromatic nitrogens is 2. The summed E-state index contributed by atoms with van der Waals surface area (Å²) in [5, 5.41) is 3.99. The van der Waals surface area contributed by atoms with Crippen LogP contribution >= 0.6 is 0 Å². The molecule has 0 aliphatic carbocycles. The van der Waals surface area contributed by atoms with Gasteiger partial charge in [0.15, 0.2) is 6.10 Å². The van der Waals surface area contributed by atoms with Gasteiger partial charge in [-0.25, -0.2) is 0 Å². The van der Waals surface area contributed by atoms with Gasteiger partial charge in [-0.1, -0.05) is 35.0 Å². The van der Waals surface area contributed by atoms with Crippen LogP contribution < -0.4 is 9.47 Å². The van der Waals surface area contributed by atoms with E-state index in [2.05, 4.69) is 10.1 Å². The van der Waals surface area contributed by atoms with Crippen LogP contribution in [0.2, 0.25) is 0 Å². The SMILES string of the molecule is COc1ccc(O[C@@H](C)C(=O)N(C)Cc2nc(-c3ccc(C)cc3)no2)cc1. The zero-order valence-corrected chi connectivity index (χ0v) is 16.4. The van der Waals surface area contributed by atoms with Crippen molar-refractivity contribution in [1.29, 1.82) is 0 Å². The number of likely N-dealkylation sites (N-methyl/N-ethyl adjacent to an activating group) is 1. The molecule has 7 heteroatoms. The summed E-state index contributed by atoms with van der Waals surface area (Å²) in [5.74, 6) is 1.99. The molecule has 1 atom stereocenters. The van der Waals surface area contributed by atoms with Crippen LogP contribution in [0.3, 0.4) is 0 Å². The second kappa shape index (κ2) is 8.56. The summed E-state index contributed by atoms with van der Waals surface area (Å²) in [6, 6.07) is 14.9. The van der Waals surface area contributed by atoms with Crippen molar-refractivity contribution in [2.45, 2.75) is 26.5 Å². The second-order valence-corrected chi connectivity index (χ2v) is 6.51. The van der Waals surface area contributed by atoms with Crippen molar-refractivity contribution in [3.05, 3.63) is 60.0 Å². The number of carbonyl (C=O) groups is 1. The highest BCUT2D eigenvalue weighted by molar-refractivity contribution is 5.80. The molecule has 1 amide bonds. The molecule has 0 bridgehead atoms. The lowest BCUT2D eigenvalue weighted by atomic mass is 10.1. The fraction of sp³-hybridized carbons (Fsp3) is 0.286. The molecule has 146 valence electrons. The number of hydrogen-bond donors (Lipinski definition) is 0. The normalized spacial score (nSPS) is 11.7. The number of benzene rings is 2. The summed E-state index contributed by atoms with van der Waals surface area (Å²) in [6.45, 7) is 3.92. The number of amides is 1.